The number of hydrogen-bond acceptors (Lipinski definition) is 3. The van der Waals surface area contributed by atoms with Crippen LogP contribution in [-0.4, -0.2) is 26.6 Å². The monoisotopic (exact) mass is 276 g/mol. The molecule has 6 heteroatoms. The summed E-state index contributed by atoms with van der Waals surface area (Å²) in [5, 5.41) is 5.59. The Balaban J connectivity index is 0.00000289. The summed E-state index contributed by atoms with van der Waals surface area (Å²) in [4.78, 5) is 11.5. The molecule has 1 aromatic rings. The first kappa shape index (κ1) is 16.7. The number of carbonyl (C=O) groups is 1. The van der Waals surface area contributed by atoms with Gasteiger partial charge in [0.1, 0.15) is 0 Å². The van der Waals surface area contributed by atoms with Crippen LogP contribution in [0.25, 0.3) is 0 Å². The van der Waals surface area contributed by atoms with Crippen LogP contribution in [0.1, 0.15) is 12.8 Å². The van der Waals surface area contributed by atoms with Gasteiger partial charge >= 0.3 is 0 Å². The first-order valence-electron chi connectivity index (χ1n) is 5.45. The minimum absolute atomic E-state index is 0. The molecule has 0 unspecified atom stereocenters. The Morgan fingerprint density at radius 2 is 2.17 bits per heavy atom. The molecule has 0 aliphatic rings. The summed E-state index contributed by atoms with van der Waals surface area (Å²) in [5.41, 5.74) is 0.442. The van der Waals surface area contributed by atoms with Gasteiger partial charge in [-0.1, -0.05) is 0 Å². The van der Waals surface area contributed by atoms with Gasteiger partial charge in [-0.2, -0.15) is 0 Å². The third kappa shape index (κ3) is 5.33. The predicted molar refractivity (Wildman–Crippen MR) is 72.0 cm³/mol. The standard InChI is InChI=1S/C12H17FN2O2.ClH/c1-14-7-3-4-12(16)15-9-5-6-11(17-2)10(13)8-9;/h5-6,8,14H,3-4,7H2,1-2H3,(H,15,16);1H. The number of nitrogens with one attached hydrogen (secondary N) is 2. The summed E-state index contributed by atoms with van der Waals surface area (Å²) >= 11 is 0. The molecule has 0 bridgehead atoms. The summed E-state index contributed by atoms with van der Waals surface area (Å²) < 4.78 is 18.1. The van der Waals surface area contributed by atoms with Crippen molar-refractivity contribution in [1.82, 2.24) is 5.32 Å². The van der Waals surface area contributed by atoms with Crippen molar-refractivity contribution in [2.24, 2.45) is 0 Å². The van der Waals surface area contributed by atoms with E-state index >= 15 is 0 Å². The minimum Gasteiger partial charge on any atom is -0.494 e. The average molecular weight is 277 g/mol. The first-order valence-corrected chi connectivity index (χ1v) is 5.45. The molecular formula is C12H18ClFN2O2. The topological polar surface area (TPSA) is 50.4 Å². The fraction of sp³-hybridized carbons (Fsp3) is 0.417. The molecule has 1 aromatic carbocycles. The molecule has 0 saturated heterocycles. The van der Waals surface area contributed by atoms with Gasteiger partial charge in [0.05, 0.1) is 7.11 Å². The van der Waals surface area contributed by atoms with Gasteiger partial charge in [-0.3, -0.25) is 4.79 Å². The van der Waals surface area contributed by atoms with Crippen LogP contribution in [0.5, 0.6) is 5.75 Å². The molecule has 2 N–H and O–H groups in total. The number of benzene rings is 1. The number of ether oxygens (including phenoxy) is 1. The Morgan fingerprint density at radius 3 is 2.72 bits per heavy atom. The van der Waals surface area contributed by atoms with Crippen molar-refractivity contribution in [2.75, 3.05) is 26.0 Å². The minimum atomic E-state index is -0.486. The third-order valence-corrected chi connectivity index (χ3v) is 2.27. The lowest BCUT2D eigenvalue weighted by molar-refractivity contribution is -0.116. The van der Waals surface area contributed by atoms with Crippen LogP contribution < -0.4 is 15.4 Å². The van der Waals surface area contributed by atoms with Crippen LogP contribution in [0, 0.1) is 5.82 Å². The molecule has 0 spiro atoms. The van der Waals surface area contributed by atoms with E-state index in [0.717, 1.165) is 13.0 Å². The molecule has 18 heavy (non-hydrogen) atoms. The Morgan fingerprint density at radius 1 is 1.44 bits per heavy atom. The lowest BCUT2D eigenvalue weighted by atomic mass is 10.2. The van der Waals surface area contributed by atoms with E-state index in [1.807, 2.05) is 7.05 Å². The summed E-state index contributed by atoms with van der Waals surface area (Å²) in [7, 11) is 3.23. The van der Waals surface area contributed by atoms with Gasteiger partial charge in [0.25, 0.3) is 0 Å². The molecule has 0 atom stereocenters. The van der Waals surface area contributed by atoms with E-state index in [1.165, 1.54) is 19.2 Å². The molecule has 4 nitrogen and oxygen atoms in total. The highest BCUT2D eigenvalue weighted by atomic mass is 35.5. The molecule has 0 fully saturated rings. The van der Waals surface area contributed by atoms with E-state index in [2.05, 4.69) is 10.6 Å². The van der Waals surface area contributed by atoms with E-state index < -0.39 is 5.82 Å². The zero-order valence-electron chi connectivity index (χ0n) is 10.5. The maximum absolute atomic E-state index is 13.3. The van der Waals surface area contributed by atoms with E-state index in [1.54, 1.807) is 6.07 Å². The van der Waals surface area contributed by atoms with Crippen LogP contribution >= 0.6 is 12.4 Å². The van der Waals surface area contributed by atoms with Crippen LogP contribution in [0.2, 0.25) is 0 Å². The average Bonchev–Trinajstić information content (AvgIpc) is 2.29. The Labute approximate surface area is 112 Å². The number of methoxy groups -OCH3 is 1. The molecule has 102 valence electrons. The van der Waals surface area contributed by atoms with Gasteiger partial charge in [-0.15, -0.1) is 12.4 Å². The second-order valence-corrected chi connectivity index (χ2v) is 3.60. The van der Waals surface area contributed by atoms with Crippen molar-refractivity contribution in [1.29, 1.82) is 0 Å². The highest BCUT2D eigenvalue weighted by Gasteiger charge is 2.06. The number of halogens is 2. The van der Waals surface area contributed by atoms with Crippen molar-refractivity contribution in [3.8, 4) is 5.75 Å². The maximum Gasteiger partial charge on any atom is 0.224 e. The zero-order valence-corrected chi connectivity index (χ0v) is 11.3. The van der Waals surface area contributed by atoms with Crippen LogP contribution in [0.4, 0.5) is 10.1 Å². The number of rotatable bonds is 6. The van der Waals surface area contributed by atoms with Crippen LogP contribution in [0.3, 0.4) is 0 Å². The lowest BCUT2D eigenvalue weighted by Crippen LogP contribution is -2.15. The van der Waals surface area contributed by atoms with Gasteiger partial charge in [0.15, 0.2) is 11.6 Å². The normalized spacial score (nSPS) is 9.50. The number of carbonyl (C=O) groups excluding carboxylic acids is 1. The number of hydrogen-bond donors (Lipinski definition) is 2. The van der Waals surface area contributed by atoms with Crippen LogP contribution in [-0.2, 0) is 4.79 Å². The SMILES string of the molecule is CNCCCC(=O)Nc1ccc(OC)c(F)c1.Cl. The number of anilines is 1. The van der Waals surface area contributed by atoms with Gasteiger partial charge in [-0.25, -0.2) is 4.39 Å². The van der Waals surface area contributed by atoms with E-state index in [9.17, 15) is 9.18 Å². The second-order valence-electron chi connectivity index (χ2n) is 3.60. The van der Waals surface area contributed by atoms with Gasteiger partial charge < -0.3 is 15.4 Å². The Bertz CT molecular complexity index is 388. The van der Waals surface area contributed by atoms with Gasteiger partial charge in [-0.05, 0) is 32.1 Å². The lowest BCUT2D eigenvalue weighted by Gasteiger charge is -2.07. The van der Waals surface area contributed by atoms with Gasteiger partial charge in [0.2, 0.25) is 5.91 Å². The van der Waals surface area contributed by atoms with E-state index in [4.69, 9.17) is 4.74 Å². The highest BCUT2D eigenvalue weighted by Crippen LogP contribution is 2.20. The van der Waals surface area contributed by atoms with Crippen LogP contribution in [0.15, 0.2) is 18.2 Å². The van der Waals surface area contributed by atoms with Crippen molar-refractivity contribution in [3.63, 3.8) is 0 Å². The van der Waals surface area contributed by atoms with Crippen molar-refractivity contribution < 1.29 is 13.9 Å². The first-order chi connectivity index (χ1) is 8.17. The van der Waals surface area contributed by atoms with E-state index in [0.29, 0.717) is 12.1 Å². The summed E-state index contributed by atoms with van der Waals surface area (Å²) in [5.74, 6) is -0.441. The smallest absolute Gasteiger partial charge is 0.224 e. The fourth-order valence-corrected chi connectivity index (χ4v) is 1.39. The summed E-state index contributed by atoms with van der Waals surface area (Å²) in [6.45, 7) is 0.782. The summed E-state index contributed by atoms with van der Waals surface area (Å²) in [6.07, 6.45) is 1.16. The predicted octanol–water partition coefficient (Wildman–Crippen LogP) is 2.19. The molecule has 0 aliphatic carbocycles. The maximum atomic E-state index is 13.3. The molecule has 0 saturated carbocycles. The van der Waals surface area contributed by atoms with Crippen molar-refractivity contribution in [2.45, 2.75) is 12.8 Å². The summed E-state index contributed by atoms with van der Waals surface area (Å²) in [6, 6.07) is 4.34. The second kappa shape index (κ2) is 8.72. The quantitative estimate of drug-likeness (QED) is 0.783. The highest BCUT2D eigenvalue weighted by molar-refractivity contribution is 5.90. The largest absolute Gasteiger partial charge is 0.494 e. The molecule has 0 aromatic heterocycles. The molecule has 1 amide bonds. The van der Waals surface area contributed by atoms with E-state index in [-0.39, 0.29) is 24.1 Å². The third-order valence-electron chi connectivity index (χ3n) is 2.27. The number of amides is 1. The molecule has 0 heterocycles. The Kier molecular flexibility index (Phi) is 8.07. The molecule has 0 aliphatic heterocycles. The molecule has 1 rings (SSSR count). The van der Waals surface area contributed by atoms with Crippen molar-refractivity contribution in [3.05, 3.63) is 24.0 Å². The molecule has 0 radical (unpaired) electrons. The van der Waals surface area contributed by atoms with Crippen molar-refractivity contribution >= 4 is 24.0 Å². The Hall–Kier alpha value is -1.33. The zero-order chi connectivity index (χ0) is 12.7. The van der Waals surface area contributed by atoms with Gasteiger partial charge in [0, 0.05) is 18.2 Å². The fourth-order valence-electron chi connectivity index (χ4n) is 1.39. The molecular weight excluding hydrogens is 259 g/mol.